The number of halogens is 3. The van der Waals surface area contributed by atoms with Gasteiger partial charge in [-0.3, -0.25) is 0 Å². The van der Waals surface area contributed by atoms with Crippen LogP contribution in [-0.4, -0.2) is 6.18 Å². The molecule has 0 fully saturated rings. The molecule has 1 atom stereocenters. The van der Waals surface area contributed by atoms with E-state index >= 15 is 0 Å². The van der Waals surface area contributed by atoms with Crippen molar-refractivity contribution in [2.24, 2.45) is 5.73 Å². The number of rotatable bonds is 3. The van der Waals surface area contributed by atoms with E-state index in [0.717, 1.165) is 27.1 Å². The topological polar surface area (TPSA) is 26.0 Å². The molecule has 0 aromatic heterocycles. The first-order valence-electron chi connectivity index (χ1n) is 7.18. The normalized spacial score (nSPS) is 13.6. The zero-order valence-electron chi connectivity index (χ0n) is 11.9. The molecule has 4 heteroatoms. The van der Waals surface area contributed by atoms with Crippen LogP contribution in [0.3, 0.4) is 0 Å². The number of alkyl halides is 3. The summed E-state index contributed by atoms with van der Waals surface area (Å²) in [5.74, 6) is 0. The van der Waals surface area contributed by atoms with Crippen molar-refractivity contribution in [1.82, 2.24) is 0 Å². The fourth-order valence-corrected chi connectivity index (χ4v) is 2.91. The van der Waals surface area contributed by atoms with Gasteiger partial charge in [-0.1, -0.05) is 48.5 Å². The average molecular weight is 303 g/mol. The summed E-state index contributed by atoms with van der Waals surface area (Å²) >= 11 is 0. The van der Waals surface area contributed by atoms with Gasteiger partial charge in [-0.05, 0) is 39.6 Å². The molecule has 22 heavy (non-hydrogen) atoms. The molecule has 3 aromatic rings. The van der Waals surface area contributed by atoms with Crippen molar-refractivity contribution in [3.05, 3.63) is 60.2 Å². The van der Waals surface area contributed by atoms with Gasteiger partial charge in [-0.2, -0.15) is 13.2 Å². The Hall–Kier alpha value is -2.07. The Balaban J connectivity index is 2.15. The minimum absolute atomic E-state index is 0.110. The molecule has 0 bridgehead atoms. The molecule has 0 spiro atoms. The van der Waals surface area contributed by atoms with Crippen molar-refractivity contribution in [3.63, 3.8) is 0 Å². The zero-order chi connectivity index (χ0) is 15.7. The minimum Gasteiger partial charge on any atom is -0.324 e. The summed E-state index contributed by atoms with van der Waals surface area (Å²) in [5.41, 5.74) is 6.94. The third-order valence-corrected chi connectivity index (χ3v) is 3.92. The molecule has 0 heterocycles. The second-order valence-electron chi connectivity index (χ2n) is 5.49. The maximum absolute atomic E-state index is 12.5. The molecule has 1 nitrogen and oxygen atoms in total. The Kier molecular flexibility index (Phi) is 3.79. The SMILES string of the molecule is N[C@H](CCC(F)(F)F)c1c2ccccc2cc2ccccc12. The van der Waals surface area contributed by atoms with E-state index < -0.39 is 18.6 Å². The summed E-state index contributed by atoms with van der Waals surface area (Å²) < 4.78 is 37.5. The molecule has 2 N–H and O–H groups in total. The summed E-state index contributed by atoms with van der Waals surface area (Å²) in [5, 5.41) is 3.85. The summed E-state index contributed by atoms with van der Waals surface area (Å²) in [6.45, 7) is 0. The Morgan fingerprint density at radius 3 is 1.86 bits per heavy atom. The number of nitrogens with two attached hydrogens (primary N) is 1. The summed E-state index contributed by atoms with van der Waals surface area (Å²) in [7, 11) is 0. The second-order valence-corrected chi connectivity index (χ2v) is 5.49. The molecule has 0 radical (unpaired) electrons. The molecule has 0 saturated heterocycles. The van der Waals surface area contributed by atoms with Crippen LogP contribution < -0.4 is 5.73 Å². The maximum Gasteiger partial charge on any atom is 0.389 e. The first-order valence-corrected chi connectivity index (χ1v) is 7.18. The fraction of sp³-hybridized carbons (Fsp3) is 0.222. The Morgan fingerprint density at radius 2 is 1.36 bits per heavy atom. The first kappa shape index (κ1) is 14.9. The van der Waals surface area contributed by atoms with Gasteiger partial charge in [0.15, 0.2) is 0 Å². The lowest BCUT2D eigenvalue weighted by Crippen LogP contribution is -2.16. The summed E-state index contributed by atoms with van der Waals surface area (Å²) in [6.07, 6.45) is -5.16. The van der Waals surface area contributed by atoms with Gasteiger partial charge in [0.25, 0.3) is 0 Å². The van der Waals surface area contributed by atoms with Gasteiger partial charge in [0.05, 0.1) is 0 Å². The number of fused-ring (bicyclic) bond motifs is 2. The van der Waals surface area contributed by atoms with E-state index in [-0.39, 0.29) is 6.42 Å². The van der Waals surface area contributed by atoms with Crippen molar-refractivity contribution in [2.45, 2.75) is 25.1 Å². The maximum atomic E-state index is 12.5. The van der Waals surface area contributed by atoms with E-state index in [1.54, 1.807) is 0 Å². The largest absolute Gasteiger partial charge is 0.389 e. The van der Waals surface area contributed by atoms with Crippen LogP contribution in [0.2, 0.25) is 0 Å². The molecule has 3 rings (SSSR count). The monoisotopic (exact) mass is 303 g/mol. The predicted octanol–water partition coefficient (Wildman–Crippen LogP) is 5.34. The standard InChI is InChI=1S/C18H16F3N/c19-18(20,21)10-9-16(22)17-14-7-3-1-5-12(14)11-13-6-2-4-8-15(13)17/h1-8,11,16H,9-10,22H2/t16-/m1/s1. The Labute approximate surface area is 126 Å². The number of hydrogen-bond donors (Lipinski definition) is 1. The Morgan fingerprint density at radius 1 is 0.864 bits per heavy atom. The highest BCUT2D eigenvalue weighted by Crippen LogP contribution is 2.35. The highest BCUT2D eigenvalue weighted by atomic mass is 19.4. The molecule has 0 aliphatic carbocycles. The molecule has 0 unspecified atom stereocenters. The van der Waals surface area contributed by atoms with Gasteiger partial charge in [-0.15, -0.1) is 0 Å². The molecular weight excluding hydrogens is 287 g/mol. The minimum atomic E-state index is -4.18. The van der Waals surface area contributed by atoms with Crippen molar-refractivity contribution < 1.29 is 13.2 Å². The van der Waals surface area contributed by atoms with Crippen LogP contribution in [0.25, 0.3) is 21.5 Å². The van der Waals surface area contributed by atoms with Crippen molar-refractivity contribution in [2.75, 3.05) is 0 Å². The third kappa shape index (κ3) is 2.92. The average Bonchev–Trinajstić information content (AvgIpc) is 2.49. The lowest BCUT2D eigenvalue weighted by molar-refractivity contribution is -0.136. The quantitative estimate of drug-likeness (QED) is 0.650. The zero-order valence-corrected chi connectivity index (χ0v) is 11.9. The van der Waals surface area contributed by atoms with Crippen LogP contribution in [0.4, 0.5) is 13.2 Å². The van der Waals surface area contributed by atoms with E-state index in [1.807, 2.05) is 54.6 Å². The summed E-state index contributed by atoms with van der Waals surface area (Å²) in [4.78, 5) is 0. The molecule has 0 aliphatic heterocycles. The van der Waals surface area contributed by atoms with Crippen LogP contribution in [0.5, 0.6) is 0 Å². The van der Waals surface area contributed by atoms with Crippen LogP contribution in [0.1, 0.15) is 24.4 Å². The number of hydrogen-bond acceptors (Lipinski definition) is 1. The van der Waals surface area contributed by atoms with Crippen LogP contribution in [0, 0.1) is 0 Å². The Bertz CT molecular complexity index is 754. The molecule has 0 amide bonds. The van der Waals surface area contributed by atoms with E-state index in [4.69, 9.17) is 5.73 Å². The van der Waals surface area contributed by atoms with E-state index in [9.17, 15) is 13.2 Å². The van der Waals surface area contributed by atoms with E-state index in [2.05, 4.69) is 0 Å². The number of benzene rings is 3. The highest BCUT2D eigenvalue weighted by molar-refractivity contribution is 6.02. The van der Waals surface area contributed by atoms with E-state index in [1.165, 1.54) is 0 Å². The molecule has 114 valence electrons. The summed E-state index contributed by atoms with van der Waals surface area (Å²) in [6, 6.07) is 16.8. The lowest BCUT2D eigenvalue weighted by Gasteiger charge is -2.18. The molecule has 3 aromatic carbocycles. The molecular formula is C18H16F3N. The lowest BCUT2D eigenvalue weighted by atomic mass is 9.90. The van der Waals surface area contributed by atoms with Gasteiger partial charge in [-0.25, -0.2) is 0 Å². The van der Waals surface area contributed by atoms with Gasteiger partial charge in [0, 0.05) is 12.5 Å². The van der Waals surface area contributed by atoms with Crippen LogP contribution in [-0.2, 0) is 0 Å². The molecule has 0 saturated carbocycles. The van der Waals surface area contributed by atoms with Crippen molar-refractivity contribution in [3.8, 4) is 0 Å². The fourth-order valence-electron chi connectivity index (χ4n) is 2.91. The van der Waals surface area contributed by atoms with Crippen molar-refractivity contribution in [1.29, 1.82) is 0 Å². The van der Waals surface area contributed by atoms with Gasteiger partial charge < -0.3 is 5.73 Å². The smallest absolute Gasteiger partial charge is 0.324 e. The van der Waals surface area contributed by atoms with Crippen LogP contribution in [0.15, 0.2) is 54.6 Å². The van der Waals surface area contributed by atoms with Crippen molar-refractivity contribution >= 4 is 21.5 Å². The second kappa shape index (κ2) is 5.61. The highest BCUT2D eigenvalue weighted by Gasteiger charge is 2.28. The van der Waals surface area contributed by atoms with Gasteiger partial charge >= 0.3 is 6.18 Å². The van der Waals surface area contributed by atoms with Gasteiger partial charge in [0.2, 0.25) is 0 Å². The van der Waals surface area contributed by atoms with Gasteiger partial charge in [0.1, 0.15) is 0 Å². The molecule has 0 aliphatic rings. The predicted molar refractivity (Wildman–Crippen MR) is 83.7 cm³/mol. The third-order valence-electron chi connectivity index (χ3n) is 3.92. The first-order chi connectivity index (χ1) is 10.5. The van der Waals surface area contributed by atoms with E-state index in [0.29, 0.717) is 0 Å². The van der Waals surface area contributed by atoms with Crippen LogP contribution >= 0.6 is 0 Å².